The lowest BCUT2D eigenvalue weighted by Crippen LogP contribution is -2.58. The van der Waals surface area contributed by atoms with Gasteiger partial charge in [-0.05, 0) is 151 Å². The lowest BCUT2D eigenvalue weighted by atomic mass is 10.0. The first-order valence-corrected chi connectivity index (χ1v) is 48.2. The van der Waals surface area contributed by atoms with Crippen molar-refractivity contribution in [3.8, 4) is 86.3 Å². The molecule has 42 heteroatoms. The molecule has 3 saturated heterocycles. The predicted molar refractivity (Wildman–Crippen MR) is 552 cm³/mol. The Morgan fingerprint density at radius 1 is 0.383 bits per heavy atom. The van der Waals surface area contributed by atoms with Gasteiger partial charge in [-0.2, -0.15) is 15.8 Å². The van der Waals surface area contributed by atoms with Crippen LogP contribution in [0.2, 0.25) is 60.3 Å². The van der Waals surface area contributed by atoms with Crippen LogP contribution < -0.4 is 31.4 Å². The summed E-state index contributed by atoms with van der Waals surface area (Å²) in [5.41, 5.74) is 2.60. The van der Waals surface area contributed by atoms with Crippen LogP contribution in [0, 0.1) is 72.2 Å². The van der Waals surface area contributed by atoms with E-state index in [0.717, 1.165) is 0 Å². The molecule has 12 heterocycles. The van der Waals surface area contributed by atoms with E-state index in [-0.39, 0.29) is 221 Å². The van der Waals surface area contributed by atoms with Crippen LogP contribution in [0.5, 0.6) is 17.2 Å². The van der Waals surface area contributed by atoms with Crippen LogP contribution in [-0.4, -0.2) is 167 Å². The molecule has 0 saturated carbocycles. The number of aromatic nitrogens is 9. The highest BCUT2D eigenvalue weighted by Crippen LogP contribution is 2.54. The van der Waals surface area contributed by atoms with E-state index in [4.69, 9.17) is 154 Å². The van der Waals surface area contributed by atoms with Gasteiger partial charge < -0.3 is 44.7 Å². The molecule has 6 atom stereocenters. The lowest BCUT2D eigenvalue weighted by molar-refractivity contribution is -0.131. The molecule has 15 rings (SSSR count). The number of benzene rings is 3. The maximum atomic E-state index is 15.1. The van der Waals surface area contributed by atoms with Crippen molar-refractivity contribution in [2.45, 2.75) is 158 Å². The molecule has 3 amide bonds. The Kier molecular flexibility index (Phi) is 31.9. The molecule has 3 fully saturated rings. The number of amides is 3. The zero-order valence-corrected chi connectivity index (χ0v) is 87.1. The van der Waals surface area contributed by atoms with Gasteiger partial charge in [-0.25, -0.2) is 28.1 Å². The fraction of sp³-hybridized carbons (Fsp3) is 0.303. The maximum Gasteiger partial charge on any atom is 0.276 e. The van der Waals surface area contributed by atoms with Gasteiger partial charge in [0.05, 0.1) is 124 Å². The molecule has 0 aliphatic carbocycles. The van der Waals surface area contributed by atoms with Crippen molar-refractivity contribution in [1.29, 1.82) is 15.8 Å². The number of aromatic hydroxyl groups is 3. The molecule has 732 valence electrons. The van der Waals surface area contributed by atoms with Crippen LogP contribution in [0.3, 0.4) is 0 Å². The van der Waals surface area contributed by atoms with Crippen molar-refractivity contribution < 1.29 is 42.9 Å². The van der Waals surface area contributed by atoms with E-state index >= 15 is 4.39 Å². The summed E-state index contributed by atoms with van der Waals surface area (Å²) in [7, 11) is 0. The topological polar surface area (TPSA) is 346 Å². The second kappa shape index (κ2) is 42.1. The van der Waals surface area contributed by atoms with E-state index < -0.39 is 86.5 Å². The van der Waals surface area contributed by atoms with Crippen molar-refractivity contribution in [3.63, 3.8) is 0 Å². The van der Waals surface area contributed by atoms with Gasteiger partial charge in [0.2, 0.25) is 17.7 Å². The molecular weight excluding hydrogens is 2070 g/mol. The first kappa shape index (κ1) is 107. The molecule has 9 aromatic heterocycles. The fourth-order valence-electron chi connectivity index (χ4n) is 18.7. The number of carbonyl (C=O) groups excluding carboxylic acids is 3. The average Bonchev–Trinajstić information content (AvgIpc) is 0.725. The second-order valence-corrected chi connectivity index (χ2v) is 39.8. The van der Waals surface area contributed by atoms with E-state index in [1.54, 1.807) is 58.4 Å². The number of halogens is 15. The number of phenolic OH excluding ortho intramolecular Hbond substituents is 3. The zero-order valence-electron chi connectivity index (χ0n) is 78.0. The van der Waals surface area contributed by atoms with Crippen LogP contribution in [0.25, 0.3) is 83.9 Å². The van der Waals surface area contributed by atoms with Gasteiger partial charge in [-0.3, -0.25) is 57.4 Å². The predicted octanol–water partition coefficient (Wildman–Crippen LogP) is 23.5. The molecule has 0 bridgehead atoms. The SMILES string of the molecule is C=CC(=O)N1[C@H](C)CN(c2c(C#N)c(=O)n(-c3c(C)ccnc3C(C)C)c3nc(-c4c(Cl)c(O)c(Cl)c(F)c4Cl)c(Cl)cc23)C[C@@H]1C.C=CC(=O)N1[C@H](C)CN(c2c(C#N)c(=O)n(-c3c(C)ccnc3C(C)C)c3nc(-c4c(Cl)c(O)c(F)c(Cl)c4Cl)c(Cl)cc23)C[C@@H]1C.C=CC(=O)N1[C@H](C)CN(c2c(C#N)c(=O)n(-c3c(C)ccnc3C(C)C)c3nc(-c4c(Cl)c(O)c(F)c(Cl)c4Cl)c(Cl)cc23)C[C@@H]1C. The van der Waals surface area contributed by atoms with Crippen LogP contribution in [-0.2, 0) is 14.4 Å². The summed E-state index contributed by atoms with van der Waals surface area (Å²) in [6.07, 6.45) is 8.65. The summed E-state index contributed by atoms with van der Waals surface area (Å²) < 4.78 is 48.2. The number of rotatable bonds is 15. The van der Waals surface area contributed by atoms with Crippen LogP contribution in [0.1, 0.15) is 151 Å². The quantitative estimate of drug-likeness (QED) is 0.0487. The Bertz CT molecular complexity index is 6860. The maximum absolute atomic E-state index is 15.1. The number of nitriles is 3. The van der Waals surface area contributed by atoms with Crippen molar-refractivity contribution in [3.05, 3.63) is 252 Å². The van der Waals surface area contributed by atoms with Crippen LogP contribution in [0.4, 0.5) is 30.2 Å². The third kappa shape index (κ3) is 18.8. The van der Waals surface area contributed by atoms with Crippen LogP contribution in [0.15, 0.2) is 107 Å². The second-order valence-electron chi connectivity index (χ2n) is 35.1. The number of fused-ring (bicyclic) bond motifs is 3. The summed E-state index contributed by atoms with van der Waals surface area (Å²) in [5.74, 6) is -7.37. The molecule has 0 radical (unpaired) electrons. The van der Waals surface area contributed by atoms with Gasteiger partial charge in [0.25, 0.3) is 16.7 Å². The lowest BCUT2D eigenvalue weighted by Gasteiger charge is -2.45. The molecule has 3 aromatic carbocycles. The molecule has 0 unspecified atom stereocenters. The number of hydrogen-bond acceptors (Lipinski definition) is 21. The number of aryl methyl sites for hydroxylation is 3. The summed E-state index contributed by atoms with van der Waals surface area (Å²) in [4.78, 5) is 120. The van der Waals surface area contributed by atoms with E-state index in [1.807, 2.05) is 112 Å². The number of anilines is 3. The van der Waals surface area contributed by atoms with E-state index in [0.29, 0.717) is 67.0 Å². The van der Waals surface area contributed by atoms with Gasteiger partial charge >= 0.3 is 0 Å². The monoisotopic (exact) mass is 2150 g/mol. The first-order chi connectivity index (χ1) is 66.5. The Balaban J connectivity index is 0.000000178. The minimum absolute atomic E-state index is 0.0349. The number of piperazine rings is 3. The molecule has 3 aliphatic rings. The number of pyridine rings is 9. The number of phenols is 3. The molecule has 12 aromatic rings. The van der Waals surface area contributed by atoms with E-state index in [9.17, 15) is 68.7 Å². The van der Waals surface area contributed by atoms with Gasteiger partial charge in [0, 0.05) is 127 Å². The minimum Gasteiger partial charge on any atom is -0.505 e. The summed E-state index contributed by atoms with van der Waals surface area (Å²) in [6, 6.07) is 14.2. The van der Waals surface area contributed by atoms with E-state index in [2.05, 4.69) is 52.9 Å². The highest BCUT2D eigenvalue weighted by molar-refractivity contribution is 6.49. The smallest absolute Gasteiger partial charge is 0.276 e. The number of nitrogens with zero attached hydrogens (tertiary/aromatic N) is 18. The third-order valence-corrected chi connectivity index (χ3v) is 29.1. The number of hydrogen-bond donors (Lipinski definition) is 3. The Morgan fingerprint density at radius 3 is 0.858 bits per heavy atom. The molecule has 3 N–H and O–H groups in total. The standard InChI is InChI=1S/3C33H29Cl4FN6O3/c1-7-21(45)43-16(5)12-42(13-17(43)6)30-18-10-20(34)28(22-23(35)26(38)25(37)31(46)24(22)36)41-32(18)44(33(47)19(30)11-39)29-15(4)8-9-40-27(29)14(2)3;2*1-7-21(45)43-16(5)12-42(13-17(43)6)30-18-10-20(34)28(22-23(35)25(37)26(38)31(46)24(22)36)41-32(18)44(33(47)19(30)11-39)29-15(4)8-9-40-27(29)14(2)3/h3*7-10,14,16-17,46H,1,12-13H2,2-6H3/t3*16-,17+. The summed E-state index contributed by atoms with van der Waals surface area (Å²) >= 11 is 77.2. The van der Waals surface area contributed by atoms with Gasteiger partial charge in [0.1, 0.15) is 56.9 Å². The fourth-order valence-corrected chi connectivity index (χ4v) is 21.9. The molecule has 3 aliphatic heterocycles. The Hall–Kier alpha value is -11.6. The largest absolute Gasteiger partial charge is 0.505 e. The first-order valence-electron chi connectivity index (χ1n) is 43.7. The molecule has 0 spiro atoms. The Morgan fingerprint density at radius 2 is 0.624 bits per heavy atom. The summed E-state index contributed by atoms with van der Waals surface area (Å²) in [5, 5.41) is 59.3. The summed E-state index contributed by atoms with van der Waals surface area (Å²) in [6.45, 7) is 40.6. The zero-order chi connectivity index (χ0) is 104. The normalized spacial score (nSPS) is 16.6. The van der Waals surface area contributed by atoms with Crippen molar-refractivity contribution in [1.82, 2.24) is 58.3 Å². The molecule has 141 heavy (non-hydrogen) atoms. The Labute approximate surface area is 867 Å². The average molecular weight is 2160 g/mol. The highest BCUT2D eigenvalue weighted by atomic mass is 35.5. The van der Waals surface area contributed by atoms with Gasteiger partial charge in [-0.1, -0.05) is 200 Å². The minimum atomic E-state index is -1.22. The molecule has 27 nitrogen and oxygen atoms in total. The van der Waals surface area contributed by atoms with Crippen molar-refractivity contribution in [2.24, 2.45) is 0 Å². The third-order valence-electron chi connectivity index (χ3n) is 24.8. The molecular formula is C99H87Cl12F3N18O9. The van der Waals surface area contributed by atoms with Gasteiger partial charge in [-0.15, -0.1) is 0 Å². The van der Waals surface area contributed by atoms with Gasteiger partial charge in [0.15, 0.2) is 34.7 Å². The van der Waals surface area contributed by atoms with Crippen molar-refractivity contribution in [2.75, 3.05) is 54.0 Å². The van der Waals surface area contributed by atoms with Crippen molar-refractivity contribution >= 4 is 207 Å². The van der Waals surface area contributed by atoms with Crippen LogP contribution >= 0.6 is 139 Å². The van der Waals surface area contributed by atoms with E-state index in [1.165, 1.54) is 50.1 Å². The highest BCUT2D eigenvalue weighted by Gasteiger charge is 2.42. The number of carbonyl (C=O) groups is 3.